The fraction of sp³-hybridized carbons (Fsp3) is 0.429. The van der Waals surface area contributed by atoms with Crippen molar-refractivity contribution < 1.29 is 19.4 Å². The molecule has 20 heavy (non-hydrogen) atoms. The molecule has 3 N–H and O–H groups in total. The Morgan fingerprint density at radius 1 is 1.45 bits per heavy atom. The summed E-state index contributed by atoms with van der Waals surface area (Å²) in [6.07, 6.45) is 0. The normalized spacial score (nSPS) is 16.1. The Morgan fingerprint density at radius 3 is 2.75 bits per heavy atom. The quantitative estimate of drug-likeness (QED) is 0.721. The van der Waals surface area contributed by atoms with E-state index in [1.807, 2.05) is 6.92 Å². The van der Waals surface area contributed by atoms with E-state index >= 15 is 0 Å². The lowest BCUT2D eigenvalue weighted by atomic mass is 9.88. The molecule has 1 aromatic carbocycles. The zero-order valence-corrected chi connectivity index (χ0v) is 11.3. The number of aliphatic carboxylic acids is 1. The zero-order valence-electron chi connectivity index (χ0n) is 11.3. The molecule has 1 fully saturated rings. The first kappa shape index (κ1) is 14.3. The van der Waals surface area contributed by atoms with E-state index < -0.39 is 12.6 Å². The second-order valence-corrected chi connectivity index (χ2v) is 4.87. The highest BCUT2D eigenvalue weighted by Crippen LogP contribution is 2.25. The summed E-state index contributed by atoms with van der Waals surface area (Å²) in [4.78, 5) is 22.7. The number of para-hydroxylation sites is 2. The molecule has 1 amide bonds. The smallest absolute Gasteiger partial charge is 0.341 e. The molecule has 2 rings (SSSR count). The molecular formula is C14H18N2O4. The SMILES string of the molecule is CC(C(=O)Nc1ccccc1OCC(=O)O)C1CNC1. The van der Waals surface area contributed by atoms with E-state index in [2.05, 4.69) is 10.6 Å². The molecule has 1 saturated heterocycles. The minimum Gasteiger partial charge on any atom is -0.480 e. The van der Waals surface area contributed by atoms with Gasteiger partial charge in [-0.2, -0.15) is 0 Å². The third-order valence-electron chi connectivity index (χ3n) is 3.43. The van der Waals surface area contributed by atoms with E-state index in [1.54, 1.807) is 24.3 Å². The number of rotatable bonds is 6. The molecule has 1 heterocycles. The number of amides is 1. The van der Waals surface area contributed by atoms with Crippen LogP contribution >= 0.6 is 0 Å². The van der Waals surface area contributed by atoms with Crippen molar-refractivity contribution >= 4 is 17.6 Å². The monoisotopic (exact) mass is 278 g/mol. The predicted octanol–water partition coefficient (Wildman–Crippen LogP) is 0.944. The van der Waals surface area contributed by atoms with Gasteiger partial charge in [0.25, 0.3) is 0 Å². The first-order valence-electron chi connectivity index (χ1n) is 6.53. The molecule has 0 radical (unpaired) electrons. The van der Waals surface area contributed by atoms with Crippen LogP contribution in [0.15, 0.2) is 24.3 Å². The van der Waals surface area contributed by atoms with Crippen molar-refractivity contribution in [3.8, 4) is 5.75 Å². The van der Waals surface area contributed by atoms with Crippen LogP contribution in [0.3, 0.4) is 0 Å². The fourth-order valence-corrected chi connectivity index (χ4v) is 1.96. The van der Waals surface area contributed by atoms with Gasteiger partial charge in [-0.3, -0.25) is 4.79 Å². The lowest BCUT2D eigenvalue weighted by Crippen LogP contribution is -2.48. The summed E-state index contributed by atoms with van der Waals surface area (Å²) in [6.45, 7) is 3.16. The predicted molar refractivity (Wildman–Crippen MR) is 73.7 cm³/mol. The van der Waals surface area contributed by atoms with Gasteiger partial charge in [-0.05, 0) is 31.1 Å². The second-order valence-electron chi connectivity index (χ2n) is 4.87. The van der Waals surface area contributed by atoms with Gasteiger partial charge < -0.3 is 20.5 Å². The van der Waals surface area contributed by atoms with Crippen LogP contribution in [-0.4, -0.2) is 36.7 Å². The number of carbonyl (C=O) groups excluding carboxylic acids is 1. The van der Waals surface area contributed by atoms with Crippen LogP contribution in [0.25, 0.3) is 0 Å². The van der Waals surface area contributed by atoms with Gasteiger partial charge in [0.15, 0.2) is 6.61 Å². The number of hydrogen-bond acceptors (Lipinski definition) is 4. The molecule has 0 bridgehead atoms. The number of nitrogens with one attached hydrogen (secondary N) is 2. The van der Waals surface area contributed by atoms with Gasteiger partial charge in [-0.1, -0.05) is 19.1 Å². The van der Waals surface area contributed by atoms with Crippen LogP contribution < -0.4 is 15.4 Å². The average molecular weight is 278 g/mol. The molecule has 6 nitrogen and oxygen atoms in total. The summed E-state index contributed by atoms with van der Waals surface area (Å²) >= 11 is 0. The maximum Gasteiger partial charge on any atom is 0.341 e. The van der Waals surface area contributed by atoms with E-state index in [-0.39, 0.29) is 11.8 Å². The van der Waals surface area contributed by atoms with Crippen LogP contribution in [-0.2, 0) is 9.59 Å². The lowest BCUT2D eigenvalue weighted by molar-refractivity contribution is -0.139. The highest BCUT2D eigenvalue weighted by atomic mass is 16.5. The van der Waals surface area contributed by atoms with Crippen molar-refractivity contribution in [2.75, 3.05) is 25.0 Å². The van der Waals surface area contributed by atoms with E-state index in [0.717, 1.165) is 13.1 Å². The minimum atomic E-state index is -1.06. The Kier molecular flexibility index (Phi) is 4.57. The molecule has 1 atom stereocenters. The topological polar surface area (TPSA) is 87.7 Å². The van der Waals surface area contributed by atoms with Crippen LogP contribution in [0.1, 0.15) is 6.92 Å². The molecule has 0 aromatic heterocycles. The summed E-state index contributed by atoms with van der Waals surface area (Å²) in [6, 6.07) is 6.82. The van der Waals surface area contributed by atoms with Crippen molar-refractivity contribution in [1.29, 1.82) is 0 Å². The molecule has 0 aliphatic carbocycles. The number of carboxylic acid groups (broad SMARTS) is 1. The maximum atomic E-state index is 12.1. The van der Waals surface area contributed by atoms with E-state index in [0.29, 0.717) is 17.4 Å². The highest BCUT2D eigenvalue weighted by molar-refractivity contribution is 5.94. The molecular weight excluding hydrogens is 260 g/mol. The second kappa shape index (κ2) is 6.38. The molecule has 108 valence electrons. The van der Waals surface area contributed by atoms with Gasteiger partial charge in [0.1, 0.15) is 5.75 Å². The summed E-state index contributed by atoms with van der Waals surface area (Å²) in [5, 5.41) is 14.6. The van der Waals surface area contributed by atoms with Crippen LogP contribution in [0.2, 0.25) is 0 Å². The van der Waals surface area contributed by atoms with E-state index in [4.69, 9.17) is 9.84 Å². The van der Waals surface area contributed by atoms with Crippen molar-refractivity contribution in [3.63, 3.8) is 0 Å². The largest absolute Gasteiger partial charge is 0.480 e. The standard InChI is InChI=1S/C14H18N2O4/c1-9(10-6-15-7-10)14(19)16-11-4-2-3-5-12(11)20-8-13(17)18/h2-5,9-10,15H,6-8H2,1H3,(H,16,19)(H,17,18). The maximum absolute atomic E-state index is 12.1. The number of ether oxygens (including phenoxy) is 1. The summed E-state index contributed by atoms with van der Waals surface area (Å²) in [7, 11) is 0. The first-order chi connectivity index (χ1) is 9.58. The fourth-order valence-electron chi connectivity index (χ4n) is 1.96. The Labute approximate surface area is 117 Å². The Bertz CT molecular complexity index is 500. The zero-order chi connectivity index (χ0) is 14.5. The summed E-state index contributed by atoms with van der Waals surface area (Å²) < 4.78 is 5.15. The van der Waals surface area contributed by atoms with E-state index in [1.165, 1.54) is 0 Å². The van der Waals surface area contributed by atoms with Gasteiger partial charge in [0, 0.05) is 5.92 Å². The molecule has 1 aliphatic rings. The molecule has 1 unspecified atom stereocenters. The lowest BCUT2D eigenvalue weighted by Gasteiger charge is -2.31. The van der Waals surface area contributed by atoms with Gasteiger partial charge in [0.2, 0.25) is 5.91 Å². The number of carbonyl (C=O) groups is 2. The number of hydrogen-bond donors (Lipinski definition) is 3. The third-order valence-corrected chi connectivity index (χ3v) is 3.43. The van der Waals surface area contributed by atoms with Gasteiger partial charge in [-0.15, -0.1) is 0 Å². The molecule has 6 heteroatoms. The van der Waals surface area contributed by atoms with Gasteiger partial charge in [0.05, 0.1) is 5.69 Å². The van der Waals surface area contributed by atoms with Gasteiger partial charge in [-0.25, -0.2) is 4.79 Å². The van der Waals surface area contributed by atoms with Crippen LogP contribution in [0, 0.1) is 11.8 Å². The number of benzene rings is 1. The summed E-state index contributed by atoms with van der Waals surface area (Å²) in [5.41, 5.74) is 0.498. The van der Waals surface area contributed by atoms with Crippen molar-refractivity contribution in [2.45, 2.75) is 6.92 Å². The summed E-state index contributed by atoms with van der Waals surface area (Å²) in [5.74, 6) is -0.518. The minimum absolute atomic E-state index is 0.0807. The van der Waals surface area contributed by atoms with E-state index in [9.17, 15) is 9.59 Å². The van der Waals surface area contributed by atoms with Crippen LogP contribution in [0.5, 0.6) is 5.75 Å². The molecule has 1 aliphatic heterocycles. The van der Waals surface area contributed by atoms with Crippen molar-refractivity contribution in [1.82, 2.24) is 5.32 Å². The number of carboxylic acids is 1. The Balaban J connectivity index is 2.00. The van der Waals surface area contributed by atoms with Crippen LogP contribution in [0.4, 0.5) is 5.69 Å². The Morgan fingerprint density at radius 2 is 2.15 bits per heavy atom. The first-order valence-corrected chi connectivity index (χ1v) is 6.53. The average Bonchev–Trinajstić information content (AvgIpc) is 2.35. The van der Waals surface area contributed by atoms with Crippen molar-refractivity contribution in [3.05, 3.63) is 24.3 Å². The Hall–Kier alpha value is -2.08. The molecule has 0 saturated carbocycles. The van der Waals surface area contributed by atoms with Crippen molar-refractivity contribution in [2.24, 2.45) is 11.8 Å². The highest BCUT2D eigenvalue weighted by Gasteiger charge is 2.29. The molecule has 1 aromatic rings. The van der Waals surface area contributed by atoms with Gasteiger partial charge >= 0.3 is 5.97 Å². The molecule has 0 spiro atoms. The third kappa shape index (κ3) is 3.48. The number of anilines is 1.